The van der Waals surface area contributed by atoms with E-state index in [-0.39, 0.29) is 23.0 Å². The highest BCUT2D eigenvalue weighted by Crippen LogP contribution is 2.38. The van der Waals surface area contributed by atoms with E-state index >= 15 is 0 Å². The SMILES string of the molecule is COC(=O)[C@H]1CCCN(C(=O)C2Cc3ccccc3S2)C1. The molecule has 0 N–H and O–H groups in total. The van der Waals surface area contributed by atoms with Crippen molar-refractivity contribution in [3.63, 3.8) is 0 Å². The number of thioether (sulfide) groups is 1. The number of nitrogens with zero attached hydrogens (tertiary/aromatic N) is 1. The highest BCUT2D eigenvalue weighted by Gasteiger charge is 2.35. The minimum atomic E-state index is -0.199. The van der Waals surface area contributed by atoms with Gasteiger partial charge < -0.3 is 9.64 Å². The molecule has 0 radical (unpaired) electrons. The predicted octanol–water partition coefficient (Wildman–Crippen LogP) is 2.11. The lowest BCUT2D eigenvalue weighted by molar-refractivity contribution is -0.148. The number of ether oxygens (including phenoxy) is 1. The molecule has 3 rings (SSSR count). The van der Waals surface area contributed by atoms with Crippen molar-refractivity contribution in [3.8, 4) is 0 Å². The quantitative estimate of drug-likeness (QED) is 0.785. The van der Waals surface area contributed by atoms with Gasteiger partial charge >= 0.3 is 5.97 Å². The van der Waals surface area contributed by atoms with Gasteiger partial charge in [-0.3, -0.25) is 9.59 Å². The summed E-state index contributed by atoms with van der Waals surface area (Å²) in [6.07, 6.45) is 2.48. The normalized spacial score (nSPS) is 24.5. The molecule has 5 heteroatoms. The van der Waals surface area contributed by atoms with Crippen molar-refractivity contribution < 1.29 is 14.3 Å². The largest absolute Gasteiger partial charge is 0.469 e. The van der Waals surface area contributed by atoms with Crippen LogP contribution in [0.3, 0.4) is 0 Å². The standard InChI is InChI=1S/C16H19NO3S/c1-20-16(19)12-6-4-8-17(10-12)15(18)14-9-11-5-2-3-7-13(11)21-14/h2-3,5,7,12,14H,4,6,8-10H2,1H3/t12-,14?/m0/s1. The van der Waals surface area contributed by atoms with Gasteiger partial charge in [-0.05, 0) is 30.9 Å². The Hall–Kier alpha value is -1.49. The van der Waals surface area contributed by atoms with E-state index in [4.69, 9.17) is 4.74 Å². The zero-order valence-electron chi connectivity index (χ0n) is 12.1. The van der Waals surface area contributed by atoms with Crippen LogP contribution in [0.4, 0.5) is 0 Å². The van der Waals surface area contributed by atoms with E-state index in [0.29, 0.717) is 6.54 Å². The summed E-state index contributed by atoms with van der Waals surface area (Å²) in [5, 5.41) is -0.0428. The molecule has 0 saturated carbocycles. The second-order valence-corrected chi connectivity index (χ2v) is 6.81. The molecule has 2 aliphatic heterocycles. The molecule has 1 fully saturated rings. The third kappa shape index (κ3) is 2.93. The molecule has 0 aliphatic carbocycles. The number of hydrogen-bond acceptors (Lipinski definition) is 4. The first-order valence-electron chi connectivity index (χ1n) is 7.30. The Bertz CT molecular complexity index is 535. The van der Waals surface area contributed by atoms with Crippen molar-refractivity contribution >= 4 is 23.6 Å². The first-order chi connectivity index (χ1) is 10.2. The van der Waals surface area contributed by atoms with Gasteiger partial charge in [0.25, 0.3) is 0 Å². The number of carbonyl (C=O) groups is 2. The molecule has 2 atom stereocenters. The average Bonchev–Trinajstić information content (AvgIpc) is 2.97. The zero-order chi connectivity index (χ0) is 14.8. The van der Waals surface area contributed by atoms with Gasteiger partial charge in [0.1, 0.15) is 0 Å². The lowest BCUT2D eigenvalue weighted by Gasteiger charge is -2.32. The average molecular weight is 305 g/mol. The third-order valence-corrected chi connectivity index (χ3v) is 5.50. The Morgan fingerprint density at radius 1 is 1.33 bits per heavy atom. The monoisotopic (exact) mass is 305 g/mol. The lowest BCUT2D eigenvalue weighted by atomic mass is 9.97. The molecule has 1 saturated heterocycles. The summed E-state index contributed by atoms with van der Waals surface area (Å²) in [5.74, 6) is -0.207. The second kappa shape index (κ2) is 6.10. The number of fused-ring (bicyclic) bond motifs is 1. The number of amides is 1. The number of carbonyl (C=O) groups excluding carboxylic acids is 2. The Kier molecular flexibility index (Phi) is 4.19. The molecule has 0 aromatic heterocycles. The van der Waals surface area contributed by atoms with Crippen LogP contribution < -0.4 is 0 Å². The van der Waals surface area contributed by atoms with Gasteiger partial charge in [-0.25, -0.2) is 0 Å². The van der Waals surface area contributed by atoms with Crippen LogP contribution in [0.1, 0.15) is 18.4 Å². The predicted molar refractivity (Wildman–Crippen MR) is 81.1 cm³/mol. The number of hydrogen-bond donors (Lipinski definition) is 0. The molecule has 1 aromatic rings. The maximum Gasteiger partial charge on any atom is 0.310 e. The Balaban J connectivity index is 1.65. The summed E-state index contributed by atoms with van der Waals surface area (Å²) in [5.41, 5.74) is 1.25. The molecule has 0 bridgehead atoms. The molecule has 0 spiro atoms. The van der Waals surface area contributed by atoms with E-state index in [1.807, 2.05) is 17.0 Å². The van der Waals surface area contributed by atoms with Crippen molar-refractivity contribution in [2.45, 2.75) is 29.4 Å². The number of benzene rings is 1. The summed E-state index contributed by atoms with van der Waals surface area (Å²) in [6, 6.07) is 8.18. The minimum Gasteiger partial charge on any atom is -0.469 e. The second-order valence-electron chi connectivity index (χ2n) is 5.56. The van der Waals surface area contributed by atoms with Crippen LogP contribution in [0.25, 0.3) is 0 Å². The van der Waals surface area contributed by atoms with Crippen molar-refractivity contribution in [1.82, 2.24) is 4.90 Å². The van der Waals surface area contributed by atoms with Gasteiger partial charge in [0.2, 0.25) is 5.91 Å². The fourth-order valence-electron chi connectivity index (χ4n) is 3.06. The summed E-state index contributed by atoms with van der Waals surface area (Å²) in [7, 11) is 1.41. The van der Waals surface area contributed by atoms with E-state index < -0.39 is 0 Å². The maximum atomic E-state index is 12.7. The molecule has 112 valence electrons. The van der Waals surface area contributed by atoms with Crippen LogP contribution in [-0.4, -0.2) is 42.2 Å². The molecular weight excluding hydrogens is 286 g/mol. The van der Waals surface area contributed by atoms with E-state index in [9.17, 15) is 9.59 Å². The van der Waals surface area contributed by atoms with E-state index in [2.05, 4.69) is 12.1 Å². The molecule has 2 heterocycles. The van der Waals surface area contributed by atoms with Gasteiger partial charge in [-0.2, -0.15) is 0 Å². The number of piperidine rings is 1. The van der Waals surface area contributed by atoms with Crippen molar-refractivity contribution in [2.24, 2.45) is 5.92 Å². The molecule has 21 heavy (non-hydrogen) atoms. The van der Waals surface area contributed by atoms with Gasteiger partial charge in [-0.15, -0.1) is 11.8 Å². The van der Waals surface area contributed by atoms with Crippen LogP contribution in [0.2, 0.25) is 0 Å². The molecule has 1 amide bonds. The van der Waals surface area contributed by atoms with E-state index in [0.717, 1.165) is 25.8 Å². The Morgan fingerprint density at radius 3 is 2.90 bits per heavy atom. The minimum absolute atomic E-state index is 0.0428. The van der Waals surface area contributed by atoms with Gasteiger partial charge in [0.15, 0.2) is 0 Å². The van der Waals surface area contributed by atoms with Crippen molar-refractivity contribution in [1.29, 1.82) is 0 Å². The topological polar surface area (TPSA) is 46.6 Å². The van der Waals surface area contributed by atoms with Crippen LogP contribution >= 0.6 is 11.8 Å². The van der Waals surface area contributed by atoms with E-state index in [1.165, 1.54) is 17.6 Å². The van der Waals surface area contributed by atoms with Crippen LogP contribution in [0, 0.1) is 5.92 Å². The number of methoxy groups -OCH3 is 1. The smallest absolute Gasteiger partial charge is 0.310 e. The van der Waals surface area contributed by atoms with Crippen LogP contribution in [0.15, 0.2) is 29.2 Å². The highest BCUT2D eigenvalue weighted by molar-refractivity contribution is 8.01. The molecule has 1 aromatic carbocycles. The first kappa shape index (κ1) is 14.4. The first-order valence-corrected chi connectivity index (χ1v) is 8.18. The summed E-state index contributed by atoms with van der Waals surface area (Å²) < 4.78 is 4.81. The van der Waals surface area contributed by atoms with Crippen LogP contribution in [0.5, 0.6) is 0 Å². The molecular formula is C16H19NO3S. The summed E-state index contributed by atoms with van der Waals surface area (Å²) in [4.78, 5) is 27.4. The third-order valence-electron chi connectivity index (χ3n) is 4.19. The van der Waals surface area contributed by atoms with Gasteiger partial charge in [0, 0.05) is 18.0 Å². The van der Waals surface area contributed by atoms with Gasteiger partial charge in [0.05, 0.1) is 18.3 Å². The molecule has 2 aliphatic rings. The zero-order valence-corrected chi connectivity index (χ0v) is 12.9. The molecule has 4 nitrogen and oxygen atoms in total. The number of likely N-dealkylation sites (tertiary alicyclic amines) is 1. The lowest BCUT2D eigenvalue weighted by Crippen LogP contribution is -2.46. The Labute approximate surface area is 128 Å². The summed E-state index contributed by atoms with van der Waals surface area (Å²) >= 11 is 1.65. The van der Waals surface area contributed by atoms with Gasteiger partial charge in [-0.1, -0.05) is 18.2 Å². The summed E-state index contributed by atoms with van der Waals surface area (Å²) in [6.45, 7) is 1.25. The highest BCUT2D eigenvalue weighted by atomic mass is 32.2. The molecule has 1 unspecified atom stereocenters. The van der Waals surface area contributed by atoms with Crippen LogP contribution in [-0.2, 0) is 20.7 Å². The number of rotatable bonds is 2. The van der Waals surface area contributed by atoms with Crippen molar-refractivity contribution in [3.05, 3.63) is 29.8 Å². The van der Waals surface area contributed by atoms with Crippen molar-refractivity contribution in [2.75, 3.05) is 20.2 Å². The Morgan fingerprint density at radius 2 is 2.14 bits per heavy atom. The fourth-order valence-corrected chi connectivity index (χ4v) is 4.34. The maximum absolute atomic E-state index is 12.7. The number of esters is 1. The fraction of sp³-hybridized carbons (Fsp3) is 0.500. The van der Waals surface area contributed by atoms with E-state index in [1.54, 1.807) is 11.8 Å².